The van der Waals surface area contributed by atoms with Gasteiger partial charge >= 0.3 is 0 Å². The highest BCUT2D eigenvalue weighted by atomic mass is 16.2. The van der Waals surface area contributed by atoms with Gasteiger partial charge in [-0.05, 0) is 30.5 Å². The van der Waals surface area contributed by atoms with E-state index in [-0.39, 0.29) is 24.7 Å². The lowest BCUT2D eigenvalue weighted by atomic mass is 9.98. The van der Waals surface area contributed by atoms with Crippen LogP contribution in [0.4, 0.5) is 0 Å². The number of aromatic amines is 1. The summed E-state index contributed by atoms with van der Waals surface area (Å²) in [4.78, 5) is 29.8. The Morgan fingerprint density at radius 1 is 1.07 bits per heavy atom. The fraction of sp³-hybridized carbons (Fsp3) is 0.280. The number of aryl methyl sites for hydroxylation is 1. The number of carbonyl (C=O) groups excluding carboxylic acids is 2. The van der Waals surface area contributed by atoms with E-state index in [1.54, 1.807) is 0 Å². The summed E-state index contributed by atoms with van der Waals surface area (Å²) in [5, 5.41) is 4.11. The molecule has 0 unspecified atom stereocenters. The van der Waals surface area contributed by atoms with Crippen LogP contribution in [0.5, 0.6) is 0 Å². The molecule has 0 saturated carbocycles. The zero-order valence-electron chi connectivity index (χ0n) is 17.3. The third-order valence-electron chi connectivity index (χ3n) is 5.67. The normalized spacial score (nSPS) is 13.9. The molecule has 2 heterocycles. The number of rotatable bonds is 6. The fourth-order valence-corrected chi connectivity index (χ4v) is 3.85. The highest BCUT2D eigenvalue weighted by molar-refractivity contribution is 5.93. The Balaban J connectivity index is 1.26. The minimum atomic E-state index is -0.0871. The maximum atomic E-state index is 12.5. The van der Waals surface area contributed by atoms with Crippen LogP contribution in [0.2, 0.25) is 0 Å². The van der Waals surface area contributed by atoms with Crippen LogP contribution in [0.15, 0.2) is 60.8 Å². The molecule has 1 aliphatic rings. The number of aromatic nitrogens is 1. The Morgan fingerprint density at radius 3 is 2.63 bits per heavy atom. The number of benzene rings is 2. The van der Waals surface area contributed by atoms with Gasteiger partial charge in [-0.3, -0.25) is 9.59 Å². The molecule has 5 heteroatoms. The van der Waals surface area contributed by atoms with Crippen LogP contribution in [0.25, 0.3) is 16.5 Å². The number of nitrogens with one attached hydrogen (secondary N) is 2. The summed E-state index contributed by atoms with van der Waals surface area (Å²) in [6.07, 6.45) is 5.48. The number of fused-ring (bicyclic) bond motifs is 1. The third kappa shape index (κ3) is 4.62. The lowest BCUT2D eigenvalue weighted by Crippen LogP contribution is -2.35. The molecule has 0 saturated heterocycles. The lowest BCUT2D eigenvalue weighted by Gasteiger charge is -2.26. The molecule has 1 aromatic heterocycles. The zero-order chi connectivity index (χ0) is 20.9. The topological polar surface area (TPSA) is 65.2 Å². The Bertz CT molecular complexity index is 1080. The number of para-hydroxylation sites is 1. The van der Waals surface area contributed by atoms with Gasteiger partial charge in [0, 0.05) is 55.1 Å². The van der Waals surface area contributed by atoms with Gasteiger partial charge in [0.2, 0.25) is 11.8 Å². The summed E-state index contributed by atoms with van der Waals surface area (Å²) in [6, 6.07) is 16.3. The fourth-order valence-electron chi connectivity index (χ4n) is 3.85. The second-order valence-corrected chi connectivity index (χ2v) is 7.83. The van der Waals surface area contributed by atoms with Crippen LogP contribution in [0.3, 0.4) is 0 Å². The van der Waals surface area contributed by atoms with Gasteiger partial charge in [-0.1, -0.05) is 54.1 Å². The van der Waals surface area contributed by atoms with Crippen molar-refractivity contribution in [3.8, 4) is 0 Å². The minimum absolute atomic E-state index is 0.0368. The molecule has 2 amide bonds. The van der Waals surface area contributed by atoms with E-state index in [0.717, 1.165) is 17.5 Å². The average Bonchev–Trinajstić information content (AvgIpc) is 3.21. The molecule has 0 spiro atoms. The Hall–Kier alpha value is -3.34. The zero-order valence-corrected chi connectivity index (χ0v) is 17.3. The summed E-state index contributed by atoms with van der Waals surface area (Å²) in [6.45, 7) is 3.81. The van der Waals surface area contributed by atoms with Crippen molar-refractivity contribution in [2.24, 2.45) is 0 Å². The molecule has 5 nitrogen and oxygen atoms in total. The molecule has 154 valence electrons. The number of hydrogen-bond acceptors (Lipinski definition) is 2. The maximum Gasteiger partial charge on any atom is 0.223 e. The Kier molecular flexibility index (Phi) is 5.98. The van der Waals surface area contributed by atoms with Gasteiger partial charge < -0.3 is 15.2 Å². The van der Waals surface area contributed by atoms with E-state index in [0.29, 0.717) is 19.6 Å². The predicted octanol–water partition coefficient (Wildman–Crippen LogP) is 4.19. The molecule has 1 aliphatic heterocycles. The number of carbonyl (C=O) groups is 2. The van der Waals surface area contributed by atoms with Crippen molar-refractivity contribution in [3.63, 3.8) is 0 Å². The van der Waals surface area contributed by atoms with Gasteiger partial charge in [0.15, 0.2) is 0 Å². The van der Waals surface area contributed by atoms with Crippen molar-refractivity contribution in [2.45, 2.75) is 32.7 Å². The first-order valence-corrected chi connectivity index (χ1v) is 10.5. The van der Waals surface area contributed by atoms with Gasteiger partial charge in [0.25, 0.3) is 0 Å². The summed E-state index contributed by atoms with van der Waals surface area (Å²) in [7, 11) is 0. The number of nitrogens with zero attached hydrogens (tertiary/aromatic N) is 1. The average molecular weight is 402 g/mol. The molecule has 2 aromatic carbocycles. The van der Waals surface area contributed by atoms with E-state index in [1.165, 1.54) is 22.1 Å². The lowest BCUT2D eigenvalue weighted by molar-refractivity contribution is -0.133. The molecule has 3 aromatic rings. The molecule has 2 N–H and O–H groups in total. The van der Waals surface area contributed by atoms with Crippen LogP contribution in [0, 0.1) is 6.92 Å². The molecular formula is C25H27N3O2. The minimum Gasteiger partial charge on any atom is -0.361 e. The van der Waals surface area contributed by atoms with E-state index in [2.05, 4.69) is 28.5 Å². The number of amides is 2. The van der Waals surface area contributed by atoms with Crippen LogP contribution >= 0.6 is 0 Å². The van der Waals surface area contributed by atoms with Gasteiger partial charge in [-0.25, -0.2) is 0 Å². The van der Waals surface area contributed by atoms with E-state index in [9.17, 15) is 9.59 Å². The van der Waals surface area contributed by atoms with Gasteiger partial charge in [0.1, 0.15) is 0 Å². The largest absolute Gasteiger partial charge is 0.361 e. The smallest absolute Gasteiger partial charge is 0.223 e. The summed E-state index contributed by atoms with van der Waals surface area (Å²) in [5.41, 5.74) is 5.87. The second-order valence-electron chi connectivity index (χ2n) is 7.83. The van der Waals surface area contributed by atoms with Gasteiger partial charge in [0.05, 0.1) is 0 Å². The molecule has 30 heavy (non-hydrogen) atoms. The van der Waals surface area contributed by atoms with Crippen LogP contribution in [0.1, 0.15) is 36.0 Å². The standard InChI is InChI=1S/C25H27N3O2/c1-18-6-8-19(9-7-18)16-27-24(29)10-11-25(30)28-14-12-20(13-15-28)22-17-26-23-5-3-2-4-21(22)23/h2-9,12,17,26H,10-11,13-16H2,1H3,(H,27,29). The SMILES string of the molecule is Cc1ccc(CNC(=O)CCC(=O)N2CC=C(c3c[nH]c4ccccc34)CC2)cc1. The molecule has 0 radical (unpaired) electrons. The van der Waals surface area contributed by atoms with Gasteiger partial charge in [-0.15, -0.1) is 0 Å². The molecule has 0 bridgehead atoms. The van der Waals surface area contributed by atoms with Crippen molar-refractivity contribution >= 4 is 28.3 Å². The molecular weight excluding hydrogens is 374 g/mol. The number of H-pyrrole nitrogens is 1. The van der Waals surface area contributed by atoms with E-state index >= 15 is 0 Å². The van der Waals surface area contributed by atoms with Crippen molar-refractivity contribution < 1.29 is 9.59 Å². The van der Waals surface area contributed by atoms with Crippen LogP contribution in [-0.2, 0) is 16.1 Å². The van der Waals surface area contributed by atoms with E-state index < -0.39 is 0 Å². The van der Waals surface area contributed by atoms with Gasteiger partial charge in [-0.2, -0.15) is 0 Å². The highest BCUT2D eigenvalue weighted by Crippen LogP contribution is 2.29. The first-order chi connectivity index (χ1) is 14.6. The Labute approximate surface area is 176 Å². The third-order valence-corrected chi connectivity index (χ3v) is 5.67. The molecule has 0 aliphatic carbocycles. The quantitative estimate of drug-likeness (QED) is 0.650. The van der Waals surface area contributed by atoms with Crippen molar-refractivity contribution in [2.75, 3.05) is 13.1 Å². The molecule has 4 rings (SSSR count). The monoisotopic (exact) mass is 401 g/mol. The van der Waals surface area contributed by atoms with Crippen LogP contribution in [-0.4, -0.2) is 34.8 Å². The maximum absolute atomic E-state index is 12.5. The number of hydrogen-bond donors (Lipinski definition) is 2. The molecule has 0 fully saturated rings. The second kappa shape index (κ2) is 8.99. The van der Waals surface area contributed by atoms with E-state index in [4.69, 9.17) is 0 Å². The van der Waals surface area contributed by atoms with Crippen molar-refractivity contribution in [1.82, 2.24) is 15.2 Å². The summed E-state index contributed by atoms with van der Waals surface area (Å²) >= 11 is 0. The Morgan fingerprint density at radius 2 is 1.87 bits per heavy atom. The van der Waals surface area contributed by atoms with E-state index in [1.807, 2.05) is 54.4 Å². The van der Waals surface area contributed by atoms with Crippen LogP contribution < -0.4 is 5.32 Å². The first-order valence-electron chi connectivity index (χ1n) is 10.5. The first kappa shape index (κ1) is 20.0. The molecule has 0 atom stereocenters. The van der Waals surface area contributed by atoms with Crippen molar-refractivity contribution in [3.05, 3.63) is 77.5 Å². The van der Waals surface area contributed by atoms with Crippen molar-refractivity contribution in [1.29, 1.82) is 0 Å². The highest BCUT2D eigenvalue weighted by Gasteiger charge is 2.20. The summed E-state index contributed by atoms with van der Waals surface area (Å²) < 4.78 is 0. The predicted molar refractivity (Wildman–Crippen MR) is 120 cm³/mol. The summed E-state index contributed by atoms with van der Waals surface area (Å²) in [5.74, 6) is -0.0503.